The van der Waals surface area contributed by atoms with E-state index >= 15 is 0 Å². The van der Waals surface area contributed by atoms with E-state index in [0.717, 1.165) is 11.1 Å². The van der Waals surface area contributed by atoms with Gasteiger partial charge in [0.1, 0.15) is 11.5 Å². The van der Waals surface area contributed by atoms with Crippen LogP contribution in [0.5, 0.6) is 11.5 Å². The Kier molecular flexibility index (Phi) is 6.20. The highest BCUT2D eigenvalue weighted by Gasteiger charge is 2.19. The lowest BCUT2D eigenvalue weighted by Crippen LogP contribution is -2.17. The molecule has 0 spiro atoms. The number of aromatic hydroxyl groups is 2. The summed E-state index contributed by atoms with van der Waals surface area (Å²) >= 11 is 0. The molecule has 0 radical (unpaired) electrons. The molecule has 0 unspecified atom stereocenters. The SMILES string of the molecule is COC[C@H](C/C=C/c1ccc(O)cc1)[C@H](O)c1ccc(O)cc1. The number of rotatable bonds is 7. The summed E-state index contributed by atoms with van der Waals surface area (Å²) in [6, 6.07) is 13.5. The molecule has 122 valence electrons. The Balaban J connectivity index is 2.02. The van der Waals surface area contributed by atoms with E-state index in [1.165, 1.54) is 0 Å². The predicted molar refractivity (Wildman–Crippen MR) is 90.2 cm³/mol. The summed E-state index contributed by atoms with van der Waals surface area (Å²) in [5.41, 5.74) is 1.74. The Hall–Kier alpha value is -2.30. The number of hydrogen-bond donors (Lipinski definition) is 3. The van der Waals surface area contributed by atoms with Crippen LogP contribution in [0.3, 0.4) is 0 Å². The maximum Gasteiger partial charge on any atom is 0.115 e. The van der Waals surface area contributed by atoms with Crippen molar-refractivity contribution in [2.75, 3.05) is 13.7 Å². The van der Waals surface area contributed by atoms with Crippen LogP contribution >= 0.6 is 0 Å². The molecule has 2 rings (SSSR count). The summed E-state index contributed by atoms with van der Waals surface area (Å²) in [5.74, 6) is 0.330. The molecule has 4 heteroatoms. The highest BCUT2D eigenvalue weighted by atomic mass is 16.5. The number of hydrogen-bond acceptors (Lipinski definition) is 4. The number of aliphatic hydroxyl groups excluding tert-OH is 1. The van der Waals surface area contributed by atoms with Crippen LogP contribution < -0.4 is 0 Å². The van der Waals surface area contributed by atoms with Gasteiger partial charge in [0.05, 0.1) is 12.7 Å². The van der Waals surface area contributed by atoms with E-state index in [0.29, 0.717) is 13.0 Å². The van der Waals surface area contributed by atoms with Crippen molar-refractivity contribution < 1.29 is 20.1 Å². The molecule has 0 heterocycles. The fourth-order valence-corrected chi connectivity index (χ4v) is 2.41. The maximum absolute atomic E-state index is 10.5. The first-order valence-electron chi connectivity index (χ1n) is 7.51. The van der Waals surface area contributed by atoms with Crippen molar-refractivity contribution in [3.63, 3.8) is 0 Å². The lowest BCUT2D eigenvalue weighted by Gasteiger charge is -2.21. The van der Waals surface area contributed by atoms with E-state index in [4.69, 9.17) is 4.74 Å². The van der Waals surface area contributed by atoms with Gasteiger partial charge in [-0.2, -0.15) is 0 Å². The van der Waals surface area contributed by atoms with Crippen LogP contribution in [0.25, 0.3) is 6.08 Å². The molecule has 2 aromatic carbocycles. The summed E-state index contributed by atoms with van der Waals surface area (Å²) < 4.78 is 5.21. The van der Waals surface area contributed by atoms with Crippen LogP contribution in [0.1, 0.15) is 23.7 Å². The topological polar surface area (TPSA) is 69.9 Å². The third-order valence-corrected chi connectivity index (χ3v) is 3.70. The predicted octanol–water partition coefficient (Wildman–Crippen LogP) is 3.50. The van der Waals surface area contributed by atoms with E-state index in [2.05, 4.69) is 0 Å². The van der Waals surface area contributed by atoms with Gasteiger partial charge < -0.3 is 20.1 Å². The Morgan fingerprint density at radius 1 is 0.957 bits per heavy atom. The standard InChI is InChI=1S/C19H22O4/c1-23-13-16(19(22)15-7-11-18(21)12-8-15)4-2-3-14-5-9-17(20)10-6-14/h2-3,5-12,16,19-22H,4,13H2,1H3/b3-2+/t16-,19+/m0/s1. The fraction of sp³-hybridized carbons (Fsp3) is 0.263. The minimum absolute atomic E-state index is 0.0853. The van der Waals surface area contributed by atoms with Gasteiger partial charge in [-0.3, -0.25) is 0 Å². The smallest absolute Gasteiger partial charge is 0.115 e. The van der Waals surface area contributed by atoms with Gasteiger partial charge in [0.2, 0.25) is 0 Å². The molecule has 0 saturated heterocycles. The number of aliphatic hydroxyl groups is 1. The van der Waals surface area contributed by atoms with Crippen LogP contribution in [0, 0.1) is 5.92 Å². The van der Waals surface area contributed by atoms with Gasteiger partial charge >= 0.3 is 0 Å². The van der Waals surface area contributed by atoms with Gasteiger partial charge in [-0.25, -0.2) is 0 Å². The summed E-state index contributed by atoms with van der Waals surface area (Å²) in [6.45, 7) is 0.433. The number of phenolic OH excluding ortho intramolecular Hbond substituents is 2. The van der Waals surface area contributed by atoms with Crippen molar-refractivity contribution >= 4 is 6.08 Å². The number of allylic oxidation sites excluding steroid dienone is 1. The van der Waals surface area contributed by atoms with Gasteiger partial charge in [0.25, 0.3) is 0 Å². The van der Waals surface area contributed by atoms with E-state index in [9.17, 15) is 15.3 Å². The van der Waals surface area contributed by atoms with E-state index in [1.54, 1.807) is 43.5 Å². The van der Waals surface area contributed by atoms with Crippen molar-refractivity contribution in [2.24, 2.45) is 5.92 Å². The molecule has 4 nitrogen and oxygen atoms in total. The molecule has 2 atom stereocenters. The molecule has 23 heavy (non-hydrogen) atoms. The van der Waals surface area contributed by atoms with Gasteiger partial charge in [-0.05, 0) is 41.8 Å². The molecule has 0 aliphatic rings. The average Bonchev–Trinajstić information content (AvgIpc) is 2.56. The second-order valence-electron chi connectivity index (χ2n) is 5.48. The highest BCUT2D eigenvalue weighted by molar-refractivity contribution is 5.50. The number of ether oxygens (including phenoxy) is 1. The molecular formula is C19H22O4. The number of methoxy groups -OCH3 is 1. The Bertz CT molecular complexity index is 617. The summed E-state index contributed by atoms with van der Waals surface area (Å²) in [7, 11) is 1.61. The first kappa shape index (κ1) is 17.1. The van der Waals surface area contributed by atoms with Gasteiger partial charge in [0, 0.05) is 13.0 Å². The first-order chi connectivity index (χ1) is 11.1. The van der Waals surface area contributed by atoms with E-state index in [1.807, 2.05) is 24.3 Å². The van der Waals surface area contributed by atoms with Gasteiger partial charge in [0.15, 0.2) is 0 Å². The molecule has 0 aromatic heterocycles. The van der Waals surface area contributed by atoms with Crippen LogP contribution in [0.15, 0.2) is 54.6 Å². The zero-order valence-electron chi connectivity index (χ0n) is 13.1. The zero-order valence-corrected chi connectivity index (χ0v) is 13.1. The first-order valence-corrected chi connectivity index (χ1v) is 7.51. The van der Waals surface area contributed by atoms with E-state index < -0.39 is 6.10 Å². The normalized spacial score (nSPS) is 14.0. The average molecular weight is 314 g/mol. The molecule has 0 saturated carbocycles. The highest BCUT2D eigenvalue weighted by Crippen LogP contribution is 2.27. The summed E-state index contributed by atoms with van der Waals surface area (Å²) in [5, 5.41) is 29.1. The largest absolute Gasteiger partial charge is 0.508 e. The molecule has 0 aliphatic heterocycles. The van der Waals surface area contributed by atoms with Crippen molar-refractivity contribution in [1.29, 1.82) is 0 Å². The van der Waals surface area contributed by atoms with Crippen LogP contribution in [0.4, 0.5) is 0 Å². The van der Waals surface area contributed by atoms with Crippen molar-refractivity contribution in [3.8, 4) is 11.5 Å². The Labute approximate surface area is 136 Å². The minimum Gasteiger partial charge on any atom is -0.508 e. The Morgan fingerprint density at radius 2 is 1.52 bits per heavy atom. The lowest BCUT2D eigenvalue weighted by molar-refractivity contribution is 0.0487. The third-order valence-electron chi connectivity index (χ3n) is 3.70. The third kappa shape index (κ3) is 5.13. The second kappa shape index (κ2) is 8.36. The molecule has 0 fully saturated rings. The zero-order chi connectivity index (χ0) is 16.7. The van der Waals surface area contributed by atoms with Crippen LogP contribution in [-0.2, 0) is 4.74 Å². The number of benzene rings is 2. The monoisotopic (exact) mass is 314 g/mol. The molecule has 0 aliphatic carbocycles. The number of phenols is 2. The molecule has 3 N–H and O–H groups in total. The minimum atomic E-state index is -0.667. The molecule has 0 amide bonds. The van der Waals surface area contributed by atoms with Crippen molar-refractivity contribution in [1.82, 2.24) is 0 Å². The summed E-state index contributed by atoms with van der Waals surface area (Å²) in [4.78, 5) is 0. The van der Waals surface area contributed by atoms with Crippen LogP contribution in [-0.4, -0.2) is 29.0 Å². The Morgan fingerprint density at radius 3 is 2.09 bits per heavy atom. The molecule has 0 bridgehead atoms. The van der Waals surface area contributed by atoms with Gasteiger partial charge in [-0.15, -0.1) is 0 Å². The molecular weight excluding hydrogens is 292 g/mol. The quantitative estimate of drug-likeness (QED) is 0.731. The lowest BCUT2D eigenvalue weighted by atomic mass is 9.93. The van der Waals surface area contributed by atoms with Crippen molar-refractivity contribution in [3.05, 3.63) is 65.7 Å². The molecule has 2 aromatic rings. The van der Waals surface area contributed by atoms with Crippen molar-refractivity contribution in [2.45, 2.75) is 12.5 Å². The summed E-state index contributed by atoms with van der Waals surface area (Å²) in [6.07, 6.45) is 3.92. The van der Waals surface area contributed by atoms with Crippen LogP contribution in [0.2, 0.25) is 0 Å². The second-order valence-corrected chi connectivity index (χ2v) is 5.48. The fourth-order valence-electron chi connectivity index (χ4n) is 2.41. The van der Waals surface area contributed by atoms with E-state index in [-0.39, 0.29) is 17.4 Å². The maximum atomic E-state index is 10.5. The van der Waals surface area contributed by atoms with Gasteiger partial charge in [-0.1, -0.05) is 36.4 Å².